The molecule has 5 amide bonds. The van der Waals surface area contributed by atoms with Crippen molar-refractivity contribution in [1.29, 1.82) is 0 Å². The van der Waals surface area contributed by atoms with Gasteiger partial charge in [-0.25, -0.2) is 4.39 Å². The molecule has 0 bridgehead atoms. The van der Waals surface area contributed by atoms with Crippen LogP contribution in [0.1, 0.15) is 111 Å². The highest BCUT2D eigenvalue weighted by Gasteiger charge is 2.67. The topological polar surface area (TPSA) is 172 Å². The predicted octanol–water partition coefficient (Wildman–Crippen LogP) is 5.17. The van der Waals surface area contributed by atoms with Crippen molar-refractivity contribution < 1.29 is 33.5 Å². The van der Waals surface area contributed by atoms with Gasteiger partial charge >= 0.3 is 0 Å². The number of nitrogens with one attached hydrogen (secondary N) is 5. The number of nitrogens with zero attached hydrogens (tertiary/aromatic N) is 2. The molecule has 16 heteroatoms. The zero-order chi connectivity index (χ0) is 45.4. The van der Waals surface area contributed by atoms with E-state index in [9.17, 15) is 29.1 Å². The van der Waals surface area contributed by atoms with Crippen LogP contribution in [-0.4, -0.2) is 94.8 Å². The number of fused-ring (bicyclic) bond motifs is 3. The number of hydrogen-bond donors (Lipinski definition) is 6. The van der Waals surface area contributed by atoms with Crippen molar-refractivity contribution in [1.82, 2.24) is 31.1 Å². The number of imide groups is 1. The molecule has 6 atom stereocenters. The summed E-state index contributed by atoms with van der Waals surface area (Å²) in [7, 11) is 0. The van der Waals surface area contributed by atoms with E-state index in [0.717, 1.165) is 43.2 Å². The van der Waals surface area contributed by atoms with Gasteiger partial charge in [-0.3, -0.25) is 39.1 Å². The monoisotopic (exact) mass is 925 g/mol. The Morgan fingerprint density at radius 2 is 1.71 bits per heavy atom. The highest BCUT2D eigenvalue weighted by Crippen LogP contribution is 2.58. The van der Waals surface area contributed by atoms with E-state index in [1.165, 1.54) is 6.07 Å². The number of amides is 5. The standard InChI is InChI=1S/C49H54Cl2FN7O6/c50-30-16-17-35-37(25-30)55-48(65)49(35)41(33-14-8-15-36(51)42(33)52)43(57-44(49)29-10-3-1-4-11-29)46(63)54-31-20-23-58(24-21-31)27-40(61)53-22-6-2-5-9-28-12-7-13-32-34(28)26-59(47(32)64)38-18-19-39(60)56-45(38)62/h7-8,12-17,25,29,31,38,41,43-44,47,57,64H,1-4,6,10-11,18-24,26-27H2,(H,53,61)(H,54,63)(H,55,65)(H,56,60,62)/t38?,41-,43+,44?,47?,49-/m0/s1. The van der Waals surface area contributed by atoms with Gasteiger partial charge in [0.05, 0.1) is 23.7 Å². The molecule has 5 heterocycles. The largest absolute Gasteiger partial charge is 0.374 e. The minimum absolute atomic E-state index is 0.0754. The Morgan fingerprint density at radius 1 is 0.938 bits per heavy atom. The molecule has 0 radical (unpaired) electrons. The van der Waals surface area contributed by atoms with Crippen molar-refractivity contribution in [3.8, 4) is 11.8 Å². The van der Waals surface area contributed by atoms with Crippen molar-refractivity contribution >= 4 is 58.4 Å². The van der Waals surface area contributed by atoms with Crippen LogP contribution in [0.3, 0.4) is 0 Å². The van der Waals surface area contributed by atoms with Gasteiger partial charge in [-0.1, -0.05) is 84.6 Å². The van der Waals surface area contributed by atoms with E-state index in [2.05, 4.69) is 43.3 Å². The lowest BCUT2D eigenvalue weighted by molar-refractivity contribution is -0.142. The van der Waals surface area contributed by atoms with Crippen molar-refractivity contribution in [2.45, 2.75) is 119 Å². The number of aliphatic hydroxyl groups is 1. The van der Waals surface area contributed by atoms with Gasteiger partial charge in [0.1, 0.15) is 17.5 Å². The molecule has 5 aliphatic heterocycles. The molecule has 3 unspecified atom stereocenters. The molecule has 342 valence electrons. The smallest absolute Gasteiger partial charge is 0.244 e. The van der Waals surface area contributed by atoms with Crippen LogP contribution in [0.25, 0.3) is 0 Å². The van der Waals surface area contributed by atoms with E-state index >= 15 is 4.39 Å². The van der Waals surface area contributed by atoms with Crippen LogP contribution in [0.5, 0.6) is 0 Å². The maximum Gasteiger partial charge on any atom is 0.244 e. The van der Waals surface area contributed by atoms with Gasteiger partial charge in [0.2, 0.25) is 29.5 Å². The Morgan fingerprint density at radius 3 is 2.49 bits per heavy atom. The molecule has 1 aliphatic carbocycles. The lowest BCUT2D eigenvalue weighted by atomic mass is 9.61. The van der Waals surface area contributed by atoms with E-state index in [1.54, 1.807) is 29.2 Å². The van der Waals surface area contributed by atoms with Crippen molar-refractivity contribution in [3.63, 3.8) is 0 Å². The van der Waals surface area contributed by atoms with Gasteiger partial charge in [0, 0.05) is 78.9 Å². The van der Waals surface area contributed by atoms with Crippen LogP contribution in [-0.2, 0) is 35.9 Å². The number of halogens is 3. The summed E-state index contributed by atoms with van der Waals surface area (Å²) in [4.78, 5) is 70.1. The van der Waals surface area contributed by atoms with Crippen LogP contribution < -0.4 is 26.6 Å². The highest BCUT2D eigenvalue weighted by atomic mass is 35.5. The van der Waals surface area contributed by atoms with Crippen molar-refractivity contribution in [3.05, 3.63) is 98.3 Å². The second-order valence-corrected chi connectivity index (χ2v) is 19.2. The molecule has 3 saturated heterocycles. The van der Waals surface area contributed by atoms with Crippen molar-refractivity contribution in [2.24, 2.45) is 5.92 Å². The number of benzene rings is 3. The predicted molar refractivity (Wildman–Crippen MR) is 243 cm³/mol. The van der Waals surface area contributed by atoms with Gasteiger partial charge in [-0.2, -0.15) is 0 Å². The summed E-state index contributed by atoms with van der Waals surface area (Å²) in [5.74, 6) is 3.55. The third-order valence-corrected chi connectivity index (χ3v) is 15.1. The first-order valence-electron chi connectivity index (χ1n) is 22.9. The molecule has 1 spiro atoms. The average molecular weight is 927 g/mol. The molecule has 9 rings (SSSR count). The van der Waals surface area contributed by atoms with E-state index in [1.807, 2.05) is 24.3 Å². The lowest BCUT2D eigenvalue weighted by Crippen LogP contribution is -2.52. The zero-order valence-corrected chi connectivity index (χ0v) is 37.6. The Kier molecular flexibility index (Phi) is 13.3. The number of anilines is 1. The fourth-order valence-electron chi connectivity index (χ4n) is 11.4. The normalized spacial score (nSPS) is 27.1. The van der Waals surface area contributed by atoms with Gasteiger partial charge in [0.15, 0.2) is 0 Å². The van der Waals surface area contributed by atoms with Gasteiger partial charge < -0.3 is 26.4 Å². The molecule has 3 aromatic rings. The van der Waals surface area contributed by atoms with Crippen molar-refractivity contribution in [2.75, 3.05) is 31.5 Å². The number of rotatable bonds is 10. The first-order chi connectivity index (χ1) is 31.4. The van der Waals surface area contributed by atoms with Gasteiger partial charge in [-0.15, -0.1) is 0 Å². The average Bonchev–Trinajstić information content (AvgIpc) is 3.92. The molecule has 6 N–H and O–H groups in total. The number of carbonyl (C=O) groups is 5. The van der Waals surface area contributed by atoms with Crippen LogP contribution in [0.2, 0.25) is 10.0 Å². The van der Waals surface area contributed by atoms with E-state index in [0.29, 0.717) is 80.1 Å². The van der Waals surface area contributed by atoms with Gasteiger partial charge in [0.25, 0.3) is 0 Å². The van der Waals surface area contributed by atoms with Crippen LogP contribution in [0, 0.1) is 23.6 Å². The molecular formula is C49H54Cl2FN7O6. The Bertz CT molecular complexity index is 2450. The molecule has 65 heavy (non-hydrogen) atoms. The maximum absolute atomic E-state index is 16.3. The molecule has 1 saturated carbocycles. The summed E-state index contributed by atoms with van der Waals surface area (Å²) in [6.45, 7) is 2.21. The number of likely N-dealkylation sites (tertiary alicyclic amines) is 1. The fourth-order valence-corrected chi connectivity index (χ4v) is 11.8. The van der Waals surface area contributed by atoms with E-state index in [4.69, 9.17) is 23.2 Å². The molecule has 6 aliphatic rings. The Hall–Kier alpha value is -4.88. The van der Waals surface area contributed by atoms with Crippen LogP contribution in [0.15, 0.2) is 54.6 Å². The van der Waals surface area contributed by atoms with Gasteiger partial charge in [-0.05, 0) is 85.4 Å². The molecule has 0 aromatic heterocycles. The summed E-state index contributed by atoms with van der Waals surface area (Å²) in [6.07, 6.45) is 6.92. The van der Waals surface area contributed by atoms with E-state index < -0.39 is 47.4 Å². The summed E-state index contributed by atoms with van der Waals surface area (Å²) >= 11 is 12.8. The maximum atomic E-state index is 16.3. The summed E-state index contributed by atoms with van der Waals surface area (Å²) in [6, 6.07) is 13.5. The lowest BCUT2D eigenvalue weighted by Gasteiger charge is -2.40. The number of carbonyl (C=O) groups excluding carboxylic acids is 5. The second kappa shape index (κ2) is 19.1. The van der Waals surface area contributed by atoms with Crippen LogP contribution in [0.4, 0.5) is 10.1 Å². The first kappa shape index (κ1) is 45.3. The molecular weight excluding hydrogens is 872 g/mol. The summed E-state index contributed by atoms with van der Waals surface area (Å²) < 4.78 is 16.3. The van der Waals surface area contributed by atoms with E-state index in [-0.39, 0.29) is 59.1 Å². The molecule has 4 fully saturated rings. The SMILES string of the molecule is O=C(CN1CCC(NC(=O)[C@@H]2NC(C3CCCCC3)[C@@]3(C(=O)Nc4cc(Cl)ccc43)[C@H]2c2cccc(Cl)c2F)CC1)NCCCC#Cc1cccc2c1CN(C1CCC(=O)NC1=O)C2O. The molecule has 3 aromatic carbocycles. The number of piperidine rings is 2. The number of aliphatic hydroxyl groups excluding tert-OH is 1. The Labute approximate surface area is 387 Å². The summed E-state index contributed by atoms with van der Waals surface area (Å²) in [5, 5.41) is 26.7. The Balaban J connectivity index is 0.793. The highest BCUT2D eigenvalue weighted by molar-refractivity contribution is 6.31. The minimum Gasteiger partial charge on any atom is -0.374 e. The fraction of sp³-hybridized carbons (Fsp3) is 0.490. The third-order valence-electron chi connectivity index (χ3n) is 14.5. The summed E-state index contributed by atoms with van der Waals surface area (Å²) in [5.41, 5.74) is 2.54. The third kappa shape index (κ3) is 8.79. The first-order valence-corrected chi connectivity index (χ1v) is 23.7. The zero-order valence-electron chi connectivity index (χ0n) is 36.1. The quantitative estimate of drug-likeness (QED) is 0.0913. The second-order valence-electron chi connectivity index (χ2n) is 18.4. The number of hydrogen-bond acceptors (Lipinski definition) is 9. The minimum atomic E-state index is -1.30. The molecule has 13 nitrogen and oxygen atoms in total. The van der Waals surface area contributed by atoms with Crippen LogP contribution >= 0.6 is 23.2 Å². The number of unbranched alkanes of at least 4 members (excludes halogenated alkanes) is 1.